The first-order valence-electron chi connectivity index (χ1n) is 17.9. The molecule has 0 spiro atoms. The number of carbonyl (C=O) groups is 2. The van der Waals surface area contributed by atoms with E-state index in [1.165, 1.54) is 77.0 Å². The molecule has 0 fully saturated rings. The van der Waals surface area contributed by atoms with E-state index in [0.29, 0.717) is 30.5 Å². The number of ether oxygens (including phenoxy) is 2. The van der Waals surface area contributed by atoms with Crippen LogP contribution in [0.25, 0.3) is 0 Å². The van der Waals surface area contributed by atoms with Gasteiger partial charge in [0.25, 0.3) is 0 Å². The Morgan fingerprint density at radius 3 is 1.60 bits per heavy atom. The van der Waals surface area contributed by atoms with Gasteiger partial charge in [-0.15, -0.1) is 0 Å². The van der Waals surface area contributed by atoms with Crippen LogP contribution in [0.15, 0.2) is 0 Å². The summed E-state index contributed by atoms with van der Waals surface area (Å²) in [7, 11) is 1.57. The van der Waals surface area contributed by atoms with Crippen molar-refractivity contribution < 1.29 is 47.2 Å². The number of nitrogens with zero attached hydrogens (tertiary/aromatic N) is 1. The predicted molar refractivity (Wildman–Crippen MR) is 180 cm³/mol. The Kier molecular flexibility index (Phi) is 28.5. The zero-order chi connectivity index (χ0) is 33.7. The molecule has 1 unspecified atom stereocenters. The van der Waals surface area contributed by atoms with Gasteiger partial charge >= 0.3 is 19.8 Å². The zero-order valence-electron chi connectivity index (χ0n) is 29.3. The van der Waals surface area contributed by atoms with Gasteiger partial charge in [-0.3, -0.25) is 18.6 Å². The monoisotopic (exact) mass is 666 g/mol. The summed E-state index contributed by atoms with van der Waals surface area (Å²) in [6.07, 6.45) is 22.5. The van der Waals surface area contributed by atoms with Crippen LogP contribution in [0, 0.1) is 0 Å². The lowest BCUT2D eigenvalue weighted by atomic mass is 10.0. The van der Waals surface area contributed by atoms with Crippen LogP contribution in [0.1, 0.15) is 148 Å². The van der Waals surface area contributed by atoms with Crippen LogP contribution in [0.2, 0.25) is 0 Å². The third-order valence-corrected chi connectivity index (χ3v) is 8.69. The van der Waals surface area contributed by atoms with Gasteiger partial charge in [0.05, 0.1) is 34.4 Å². The van der Waals surface area contributed by atoms with E-state index in [9.17, 15) is 19.0 Å². The largest absolute Gasteiger partial charge is 0.481 e. The Bertz CT molecular complexity index is 760. The molecule has 0 aromatic rings. The molecular weight excluding hydrogens is 597 g/mol. The molecule has 0 amide bonds. The zero-order valence-corrected chi connectivity index (χ0v) is 30.2. The van der Waals surface area contributed by atoms with Crippen molar-refractivity contribution in [3.8, 4) is 0 Å². The SMILES string of the molecule is CCCCCCCCCCCCCCCCOC[C@H](COP(=O)(O)OCC[N+](C)(C)C)OC(=O)CCCCCCCCC(=O)O. The minimum absolute atomic E-state index is 0.0632. The minimum atomic E-state index is -4.29. The molecule has 0 rings (SSSR count). The van der Waals surface area contributed by atoms with Crippen molar-refractivity contribution in [2.24, 2.45) is 0 Å². The van der Waals surface area contributed by atoms with Crippen molar-refractivity contribution in [2.45, 2.75) is 154 Å². The molecule has 45 heavy (non-hydrogen) atoms. The van der Waals surface area contributed by atoms with Crippen molar-refractivity contribution in [3.05, 3.63) is 0 Å². The van der Waals surface area contributed by atoms with Crippen molar-refractivity contribution in [2.75, 3.05) is 54.1 Å². The molecule has 10 nitrogen and oxygen atoms in total. The summed E-state index contributed by atoms with van der Waals surface area (Å²) < 4.78 is 34.5. The van der Waals surface area contributed by atoms with Crippen molar-refractivity contribution >= 4 is 19.8 Å². The molecule has 0 aromatic carbocycles. The molecule has 0 heterocycles. The van der Waals surface area contributed by atoms with Gasteiger partial charge in [0.1, 0.15) is 19.3 Å². The number of unbranched alkanes of at least 4 members (excludes halogenated alkanes) is 18. The van der Waals surface area contributed by atoms with E-state index >= 15 is 0 Å². The van der Waals surface area contributed by atoms with E-state index in [1.54, 1.807) is 0 Å². The molecule has 0 aliphatic rings. The number of carboxylic acid groups (broad SMARTS) is 1. The molecule has 0 aliphatic carbocycles. The highest BCUT2D eigenvalue weighted by Crippen LogP contribution is 2.43. The number of aliphatic carboxylic acids is 1. The fourth-order valence-corrected chi connectivity index (χ4v) is 5.61. The number of carbonyl (C=O) groups excluding carboxylic acids is 1. The lowest BCUT2D eigenvalue weighted by Crippen LogP contribution is -2.37. The van der Waals surface area contributed by atoms with Crippen LogP contribution in [0.4, 0.5) is 0 Å². The summed E-state index contributed by atoms with van der Waals surface area (Å²) in [5.74, 6) is -1.17. The fraction of sp³-hybridized carbons (Fsp3) is 0.941. The predicted octanol–water partition coefficient (Wildman–Crippen LogP) is 8.44. The van der Waals surface area contributed by atoms with E-state index in [0.717, 1.165) is 38.5 Å². The highest BCUT2D eigenvalue weighted by atomic mass is 31.2. The molecule has 0 radical (unpaired) electrons. The molecule has 0 saturated heterocycles. The van der Waals surface area contributed by atoms with E-state index in [2.05, 4.69) is 6.92 Å². The Labute approximate surface area is 275 Å². The summed E-state index contributed by atoms with van der Waals surface area (Å²) in [4.78, 5) is 33.2. The number of quaternary nitrogens is 1. The number of hydrogen-bond acceptors (Lipinski definition) is 7. The average molecular weight is 667 g/mol. The molecule has 0 bridgehead atoms. The lowest BCUT2D eigenvalue weighted by molar-refractivity contribution is -0.870. The normalized spacial score (nSPS) is 13.9. The van der Waals surface area contributed by atoms with Crippen molar-refractivity contribution in [3.63, 3.8) is 0 Å². The molecule has 2 atom stereocenters. The topological polar surface area (TPSA) is 129 Å². The number of carboxylic acids is 1. The second-order valence-electron chi connectivity index (χ2n) is 13.4. The molecule has 268 valence electrons. The van der Waals surface area contributed by atoms with Gasteiger partial charge in [0.2, 0.25) is 0 Å². The summed E-state index contributed by atoms with van der Waals surface area (Å²) in [6.45, 7) is 3.19. The third-order valence-electron chi connectivity index (χ3n) is 7.71. The van der Waals surface area contributed by atoms with E-state index in [4.69, 9.17) is 23.6 Å². The Morgan fingerprint density at radius 2 is 1.11 bits per heavy atom. The Balaban J connectivity index is 4.26. The van der Waals surface area contributed by atoms with Gasteiger partial charge in [0.15, 0.2) is 0 Å². The van der Waals surface area contributed by atoms with E-state index in [-0.39, 0.29) is 32.7 Å². The highest BCUT2D eigenvalue weighted by molar-refractivity contribution is 7.47. The maximum Gasteiger partial charge on any atom is 0.472 e. The summed E-state index contributed by atoms with van der Waals surface area (Å²) in [5.41, 5.74) is 0. The Morgan fingerprint density at radius 1 is 0.644 bits per heavy atom. The van der Waals surface area contributed by atoms with E-state index in [1.807, 2.05) is 21.1 Å². The van der Waals surface area contributed by atoms with Crippen LogP contribution < -0.4 is 0 Å². The van der Waals surface area contributed by atoms with Crippen LogP contribution in [-0.2, 0) is 32.7 Å². The summed E-state index contributed by atoms with van der Waals surface area (Å²) in [6, 6.07) is 0. The second kappa shape index (κ2) is 29.1. The Hall–Kier alpha value is -1.03. The number of esters is 1. The number of likely N-dealkylation sites (N-methyl/N-ethyl adjacent to an activating group) is 1. The molecular formula is C34H69NO9P+. The maximum atomic E-state index is 12.5. The van der Waals surface area contributed by atoms with Crippen LogP contribution in [0.3, 0.4) is 0 Å². The number of rotatable bonds is 34. The standard InChI is InChI=1S/C34H68NO9P/c1-5-6-7-8-9-10-11-12-13-14-15-18-21-24-28-41-30-32(31-43-45(39,40)42-29-27-35(2,3)4)44-34(38)26-23-20-17-16-19-22-25-33(36)37/h32H,5-31H2,1-4H3,(H-,36,37,39,40)/p+1/t32-/m1/s1. The summed E-state index contributed by atoms with van der Waals surface area (Å²) in [5, 5.41) is 8.70. The van der Waals surface area contributed by atoms with Gasteiger partial charge in [0, 0.05) is 19.4 Å². The van der Waals surface area contributed by atoms with Crippen LogP contribution in [0.5, 0.6) is 0 Å². The van der Waals surface area contributed by atoms with Gasteiger partial charge in [-0.1, -0.05) is 116 Å². The lowest BCUT2D eigenvalue weighted by Gasteiger charge is -2.24. The van der Waals surface area contributed by atoms with Gasteiger partial charge in [-0.2, -0.15) is 0 Å². The van der Waals surface area contributed by atoms with Gasteiger partial charge in [-0.25, -0.2) is 4.57 Å². The fourth-order valence-electron chi connectivity index (χ4n) is 4.87. The first-order chi connectivity index (χ1) is 21.4. The molecule has 11 heteroatoms. The van der Waals surface area contributed by atoms with Crippen LogP contribution in [-0.4, -0.2) is 86.6 Å². The van der Waals surface area contributed by atoms with Crippen LogP contribution >= 0.6 is 7.82 Å². The third kappa shape index (κ3) is 34.1. The van der Waals surface area contributed by atoms with Gasteiger partial charge < -0.3 is 24.0 Å². The van der Waals surface area contributed by atoms with Crippen molar-refractivity contribution in [1.29, 1.82) is 0 Å². The van der Waals surface area contributed by atoms with E-state index < -0.39 is 25.9 Å². The maximum absolute atomic E-state index is 12.5. The first kappa shape index (κ1) is 44.0. The first-order valence-corrected chi connectivity index (χ1v) is 19.4. The van der Waals surface area contributed by atoms with Gasteiger partial charge in [-0.05, 0) is 19.3 Å². The number of phosphoric ester groups is 1. The molecule has 0 aromatic heterocycles. The minimum Gasteiger partial charge on any atom is -0.481 e. The molecule has 2 N–H and O–H groups in total. The molecule has 0 saturated carbocycles. The van der Waals surface area contributed by atoms with Crippen molar-refractivity contribution in [1.82, 2.24) is 0 Å². The summed E-state index contributed by atoms with van der Waals surface area (Å²) >= 11 is 0. The molecule has 0 aliphatic heterocycles. The highest BCUT2D eigenvalue weighted by Gasteiger charge is 2.26. The quantitative estimate of drug-likeness (QED) is 0.0301. The number of hydrogen-bond donors (Lipinski definition) is 2. The number of phosphoric acid groups is 1. The average Bonchev–Trinajstić information content (AvgIpc) is 2.96. The smallest absolute Gasteiger partial charge is 0.472 e. The second-order valence-corrected chi connectivity index (χ2v) is 14.9.